The van der Waals surface area contributed by atoms with Gasteiger partial charge >= 0.3 is 0 Å². The fourth-order valence-electron chi connectivity index (χ4n) is 2.98. The van der Waals surface area contributed by atoms with Crippen LogP contribution < -0.4 is 0 Å². The van der Waals surface area contributed by atoms with E-state index in [9.17, 15) is 0 Å². The van der Waals surface area contributed by atoms with Crippen LogP contribution in [0.3, 0.4) is 0 Å². The van der Waals surface area contributed by atoms with E-state index in [1.807, 2.05) is 0 Å². The molecule has 0 spiro atoms. The summed E-state index contributed by atoms with van der Waals surface area (Å²) in [6.45, 7) is 8.79. The zero-order valence-corrected chi connectivity index (χ0v) is 12.0. The van der Waals surface area contributed by atoms with Crippen LogP contribution >= 0.6 is 0 Å². The second kappa shape index (κ2) is 4.27. The van der Waals surface area contributed by atoms with E-state index in [-0.39, 0.29) is 0 Å². The highest BCUT2D eigenvalue weighted by atomic mass is 15.0. The summed E-state index contributed by atoms with van der Waals surface area (Å²) in [6.07, 6.45) is 0. The van der Waals surface area contributed by atoms with Crippen LogP contribution in [-0.4, -0.2) is 4.57 Å². The molecule has 3 rings (SSSR count). The van der Waals surface area contributed by atoms with Crippen LogP contribution in [0.5, 0.6) is 0 Å². The number of rotatable bonds is 1. The highest BCUT2D eigenvalue weighted by molar-refractivity contribution is 5.87. The van der Waals surface area contributed by atoms with Crippen molar-refractivity contribution in [1.82, 2.24) is 4.57 Å². The van der Waals surface area contributed by atoms with Crippen LogP contribution in [0.4, 0.5) is 0 Å². The molecule has 0 aliphatic carbocycles. The van der Waals surface area contributed by atoms with Crippen molar-refractivity contribution >= 4 is 10.9 Å². The number of aryl methyl sites for hydroxylation is 3. The number of fused-ring (bicyclic) bond motifs is 1. The van der Waals surface area contributed by atoms with Crippen LogP contribution in [-0.2, 0) is 0 Å². The Hall–Kier alpha value is -2.02. The third kappa shape index (κ3) is 1.69. The number of aromatic nitrogens is 1. The van der Waals surface area contributed by atoms with Gasteiger partial charge in [0.1, 0.15) is 0 Å². The average molecular weight is 249 g/mol. The Bertz CT molecular complexity index is 742. The zero-order chi connectivity index (χ0) is 13.6. The normalized spacial score (nSPS) is 11.2. The Morgan fingerprint density at radius 2 is 1.37 bits per heavy atom. The maximum absolute atomic E-state index is 2.40. The summed E-state index contributed by atoms with van der Waals surface area (Å²) in [6, 6.07) is 15.2. The quantitative estimate of drug-likeness (QED) is 0.580. The van der Waals surface area contributed by atoms with Crippen LogP contribution in [0.25, 0.3) is 16.6 Å². The van der Waals surface area contributed by atoms with Crippen molar-refractivity contribution < 1.29 is 0 Å². The molecule has 0 amide bonds. The van der Waals surface area contributed by atoms with Gasteiger partial charge in [-0.25, -0.2) is 0 Å². The third-order valence-corrected chi connectivity index (χ3v) is 4.09. The molecule has 0 fully saturated rings. The summed E-state index contributed by atoms with van der Waals surface area (Å²) in [5.74, 6) is 0. The molecule has 0 aliphatic rings. The van der Waals surface area contributed by atoms with Crippen LogP contribution in [0.2, 0.25) is 0 Å². The highest BCUT2D eigenvalue weighted by Crippen LogP contribution is 2.31. The standard InChI is InChI=1S/C18H19N/c1-12-8-7-9-13(2)18(12)19-15(4)14(3)16-10-5-6-11-17(16)19/h5-11H,1-4H3. The molecule has 0 atom stereocenters. The predicted molar refractivity (Wildman–Crippen MR) is 82.2 cm³/mol. The lowest BCUT2D eigenvalue weighted by Gasteiger charge is -2.15. The van der Waals surface area contributed by atoms with E-state index in [1.54, 1.807) is 0 Å². The Kier molecular flexibility index (Phi) is 2.70. The van der Waals surface area contributed by atoms with Gasteiger partial charge in [0.05, 0.1) is 11.2 Å². The molecule has 1 heteroatoms. The number of hydrogen-bond acceptors (Lipinski definition) is 0. The van der Waals surface area contributed by atoms with E-state index in [0.29, 0.717) is 0 Å². The molecule has 1 aromatic heterocycles. The molecular weight excluding hydrogens is 230 g/mol. The second-order valence-corrected chi connectivity index (χ2v) is 5.30. The molecular formula is C18H19N. The van der Waals surface area contributed by atoms with Gasteiger partial charge in [0.2, 0.25) is 0 Å². The van der Waals surface area contributed by atoms with Crippen LogP contribution in [0.1, 0.15) is 22.4 Å². The lowest BCUT2D eigenvalue weighted by molar-refractivity contribution is 1.01. The van der Waals surface area contributed by atoms with Crippen molar-refractivity contribution in [3.63, 3.8) is 0 Å². The molecule has 1 heterocycles. The largest absolute Gasteiger partial charge is 0.313 e. The molecule has 19 heavy (non-hydrogen) atoms. The Morgan fingerprint density at radius 3 is 2.05 bits per heavy atom. The maximum Gasteiger partial charge on any atom is 0.0534 e. The Balaban J connectivity index is 2.47. The molecule has 2 aromatic carbocycles. The first-order valence-electron chi connectivity index (χ1n) is 6.74. The first-order valence-corrected chi connectivity index (χ1v) is 6.74. The lowest BCUT2D eigenvalue weighted by atomic mass is 10.1. The van der Waals surface area contributed by atoms with Crippen molar-refractivity contribution in [2.75, 3.05) is 0 Å². The van der Waals surface area contributed by atoms with E-state index in [1.165, 1.54) is 39.0 Å². The number of nitrogens with zero attached hydrogens (tertiary/aromatic N) is 1. The summed E-state index contributed by atoms with van der Waals surface area (Å²) in [4.78, 5) is 0. The van der Waals surface area contributed by atoms with Crippen molar-refractivity contribution in [3.05, 3.63) is 64.8 Å². The molecule has 3 aromatic rings. The lowest BCUT2D eigenvalue weighted by Crippen LogP contribution is -2.02. The van der Waals surface area contributed by atoms with Gasteiger partial charge in [0, 0.05) is 11.1 Å². The molecule has 0 aliphatic heterocycles. The number of hydrogen-bond donors (Lipinski definition) is 0. The van der Waals surface area contributed by atoms with Crippen molar-refractivity contribution in [2.45, 2.75) is 27.7 Å². The Morgan fingerprint density at radius 1 is 0.737 bits per heavy atom. The van der Waals surface area contributed by atoms with Gasteiger partial charge in [0.15, 0.2) is 0 Å². The molecule has 1 nitrogen and oxygen atoms in total. The molecule has 0 N–H and O–H groups in total. The second-order valence-electron chi connectivity index (χ2n) is 5.30. The fraction of sp³-hybridized carbons (Fsp3) is 0.222. The van der Waals surface area contributed by atoms with Gasteiger partial charge in [-0.1, -0.05) is 36.4 Å². The van der Waals surface area contributed by atoms with E-state index < -0.39 is 0 Å². The smallest absolute Gasteiger partial charge is 0.0534 e. The zero-order valence-electron chi connectivity index (χ0n) is 12.0. The number of benzene rings is 2. The first-order chi connectivity index (χ1) is 9.11. The van der Waals surface area contributed by atoms with Crippen LogP contribution in [0.15, 0.2) is 42.5 Å². The summed E-state index contributed by atoms with van der Waals surface area (Å²) >= 11 is 0. The minimum Gasteiger partial charge on any atom is -0.313 e. The minimum atomic E-state index is 1.30. The van der Waals surface area contributed by atoms with E-state index in [4.69, 9.17) is 0 Å². The van der Waals surface area contributed by atoms with Crippen molar-refractivity contribution in [2.24, 2.45) is 0 Å². The minimum absolute atomic E-state index is 1.30. The van der Waals surface area contributed by atoms with Gasteiger partial charge < -0.3 is 4.57 Å². The van der Waals surface area contributed by atoms with Gasteiger partial charge in [-0.3, -0.25) is 0 Å². The maximum atomic E-state index is 2.40. The number of para-hydroxylation sites is 2. The Labute approximate surface area is 114 Å². The molecule has 0 unspecified atom stereocenters. The SMILES string of the molecule is Cc1cccc(C)c1-n1c(C)c(C)c2ccccc21. The van der Waals surface area contributed by atoms with Gasteiger partial charge in [-0.15, -0.1) is 0 Å². The summed E-state index contributed by atoms with van der Waals surface area (Å²) in [5, 5.41) is 1.35. The van der Waals surface area contributed by atoms with Gasteiger partial charge in [0.25, 0.3) is 0 Å². The highest BCUT2D eigenvalue weighted by Gasteiger charge is 2.14. The van der Waals surface area contributed by atoms with E-state index >= 15 is 0 Å². The van der Waals surface area contributed by atoms with Crippen molar-refractivity contribution in [1.29, 1.82) is 0 Å². The van der Waals surface area contributed by atoms with Crippen LogP contribution in [0, 0.1) is 27.7 Å². The molecule has 0 saturated heterocycles. The topological polar surface area (TPSA) is 4.93 Å². The summed E-state index contributed by atoms with van der Waals surface area (Å²) in [5.41, 5.74) is 7.98. The molecule has 0 saturated carbocycles. The average Bonchev–Trinajstić information content (AvgIpc) is 2.64. The van der Waals surface area contributed by atoms with Gasteiger partial charge in [-0.05, 0) is 50.5 Å². The van der Waals surface area contributed by atoms with E-state index in [2.05, 4.69) is 74.7 Å². The molecule has 0 bridgehead atoms. The fourth-order valence-corrected chi connectivity index (χ4v) is 2.98. The molecule has 0 radical (unpaired) electrons. The van der Waals surface area contributed by atoms with Gasteiger partial charge in [-0.2, -0.15) is 0 Å². The summed E-state index contributed by atoms with van der Waals surface area (Å²) in [7, 11) is 0. The predicted octanol–water partition coefficient (Wildman–Crippen LogP) is 4.86. The third-order valence-electron chi connectivity index (χ3n) is 4.09. The summed E-state index contributed by atoms with van der Waals surface area (Å²) < 4.78 is 2.40. The first kappa shape index (κ1) is 12.0. The monoisotopic (exact) mass is 249 g/mol. The van der Waals surface area contributed by atoms with Crippen molar-refractivity contribution in [3.8, 4) is 5.69 Å². The molecule has 96 valence electrons. The van der Waals surface area contributed by atoms with E-state index in [0.717, 1.165) is 0 Å².